The smallest absolute Gasteiger partial charge is 0.321 e. The lowest BCUT2D eigenvalue weighted by molar-refractivity contribution is -0.137. The van der Waals surface area contributed by atoms with Crippen molar-refractivity contribution in [1.29, 1.82) is 0 Å². The number of aliphatic hydroxyl groups is 2. The lowest BCUT2D eigenvalue weighted by atomic mass is 10.1. The Morgan fingerprint density at radius 2 is 2.12 bits per heavy atom. The van der Waals surface area contributed by atoms with Crippen molar-refractivity contribution < 1.29 is 24.9 Å². The van der Waals surface area contributed by atoms with Crippen LogP contribution in [0.5, 0.6) is 0 Å². The van der Waals surface area contributed by atoms with Crippen molar-refractivity contribution in [2.24, 2.45) is 5.73 Å². The number of imidazole rings is 1. The van der Waals surface area contributed by atoms with Crippen LogP contribution in [0.4, 0.5) is 5.82 Å². The average Bonchev–Trinajstić information content (AvgIpc) is 3.12. The van der Waals surface area contributed by atoms with E-state index >= 15 is 0 Å². The van der Waals surface area contributed by atoms with Crippen molar-refractivity contribution in [1.82, 2.24) is 19.5 Å². The molecule has 5 atom stereocenters. The van der Waals surface area contributed by atoms with Gasteiger partial charge < -0.3 is 31.5 Å². The second-order valence-electron chi connectivity index (χ2n) is 5.61. The van der Waals surface area contributed by atoms with E-state index in [0.717, 1.165) is 0 Å². The van der Waals surface area contributed by atoms with Crippen LogP contribution in [0, 0.1) is 0 Å². The highest BCUT2D eigenvalue weighted by Gasteiger charge is 2.44. The second-order valence-corrected chi connectivity index (χ2v) is 6.69. The van der Waals surface area contributed by atoms with Gasteiger partial charge in [-0.2, -0.15) is 11.8 Å². The number of nitrogens with zero attached hydrogens (tertiary/aromatic N) is 4. The van der Waals surface area contributed by atoms with Gasteiger partial charge in [0.1, 0.15) is 30.1 Å². The van der Waals surface area contributed by atoms with Gasteiger partial charge in [0.25, 0.3) is 0 Å². The van der Waals surface area contributed by atoms with Crippen LogP contribution in [0.3, 0.4) is 0 Å². The van der Waals surface area contributed by atoms with Gasteiger partial charge in [0.2, 0.25) is 0 Å². The number of rotatable bonds is 6. The van der Waals surface area contributed by atoms with Gasteiger partial charge in [-0.15, -0.1) is 0 Å². The van der Waals surface area contributed by atoms with Crippen molar-refractivity contribution in [2.75, 3.05) is 17.2 Å². The molecule has 136 valence electrons. The highest BCUT2D eigenvalue weighted by atomic mass is 32.2. The van der Waals surface area contributed by atoms with Crippen LogP contribution in [-0.2, 0) is 9.53 Å². The molecule has 12 heteroatoms. The van der Waals surface area contributed by atoms with Gasteiger partial charge in [0.15, 0.2) is 17.7 Å². The topological polar surface area (TPSA) is 183 Å². The fourth-order valence-corrected chi connectivity index (χ4v) is 3.58. The number of hydrogen-bond donors (Lipinski definition) is 5. The fraction of sp³-hybridized carbons (Fsp3) is 0.538. The zero-order chi connectivity index (χ0) is 18.1. The maximum Gasteiger partial charge on any atom is 0.321 e. The van der Waals surface area contributed by atoms with Crippen molar-refractivity contribution >= 4 is 34.7 Å². The van der Waals surface area contributed by atoms with E-state index in [9.17, 15) is 15.0 Å². The van der Waals surface area contributed by atoms with Gasteiger partial charge in [0, 0.05) is 11.5 Å². The monoisotopic (exact) mass is 370 g/mol. The summed E-state index contributed by atoms with van der Waals surface area (Å²) < 4.78 is 7.21. The molecule has 1 saturated heterocycles. The molecule has 0 radical (unpaired) electrons. The second kappa shape index (κ2) is 7.09. The van der Waals surface area contributed by atoms with E-state index in [1.165, 1.54) is 29.0 Å². The predicted octanol–water partition coefficient (Wildman–Crippen LogP) is -1.83. The van der Waals surface area contributed by atoms with Crippen molar-refractivity contribution in [3.63, 3.8) is 0 Å². The third-order valence-corrected chi connectivity index (χ3v) is 5.05. The quantitative estimate of drug-likeness (QED) is 0.385. The molecule has 2 aromatic heterocycles. The standard InChI is InChI=1S/C13H18N6O5S/c14-5(13(22)23)1-25-2-6-8(20)9(21)12(24-6)19-4-18-7-10(15)16-3-17-11(7)19/h3-6,8-9,12,20-21H,1-2,14H2,(H,22,23)(H2,15,16,17)/t5-,6-,8-,9-,12-/m1/s1. The molecule has 0 aliphatic carbocycles. The number of carbonyl (C=O) groups is 1. The van der Waals surface area contributed by atoms with Crippen molar-refractivity contribution in [3.05, 3.63) is 12.7 Å². The number of hydrogen-bond acceptors (Lipinski definition) is 10. The number of aliphatic carboxylic acids is 1. The van der Waals surface area contributed by atoms with Crippen LogP contribution >= 0.6 is 11.8 Å². The number of ether oxygens (including phenoxy) is 1. The van der Waals surface area contributed by atoms with E-state index in [1.54, 1.807) is 0 Å². The van der Waals surface area contributed by atoms with Crippen LogP contribution in [0.15, 0.2) is 12.7 Å². The Hall–Kier alpha value is -1.99. The van der Waals surface area contributed by atoms with Crippen LogP contribution in [0.1, 0.15) is 6.23 Å². The number of anilines is 1. The molecule has 1 fully saturated rings. The van der Waals surface area contributed by atoms with Gasteiger partial charge in [-0.05, 0) is 0 Å². The van der Waals surface area contributed by atoms with Crippen LogP contribution in [0.25, 0.3) is 11.2 Å². The average molecular weight is 370 g/mol. The third-order valence-electron chi connectivity index (χ3n) is 3.90. The van der Waals surface area contributed by atoms with Gasteiger partial charge >= 0.3 is 5.97 Å². The summed E-state index contributed by atoms with van der Waals surface area (Å²) in [7, 11) is 0. The summed E-state index contributed by atoms with van der Waals surface area (Å²) in [6, 6.07) is -0.999. The lowest BCUT2D eigenvalue weighted by Gasteiger charge is -2.16. The van der Waals surface area contributed by atoms with E-state index in [-0.39, 0.29) is 17.3 Å². The van der Waals surface area contributed by atoms with Gasteiger partial charge in [-0.25, -0.2) is 15.0 Å². The zero-order valence-electron chi connectivity index (χ0n) is 13.0. The fourth-order valence-electron chi connectivity index (χ4n) is 2.54. The van der Waals surface area contributed by atoms with Crippen LogP contribution in [-0.4, -0.2) is 76.7 Å². The largest absolute Gasteiger partial charge is 0.480 e. The normalized spacial score (nSPS) is 27.6. The summed E-state index contributed by atoms with van der Waals surface area (Å²) in [5.74, 6) is -0.452. The Balaban J connectivity index is 1.71. The van der Waals surface area contributed by atoms with Gasteiger partial charge in [-0.1, -0.05) is 0 Å². The highest BCUT2D eigenvalue weighted by molar-refractivity contribution is 7.99. The maximum atomic E-state index is 10.7. The molecular weight excluding hydrogens is 352 g/mol. The first-order valence-electron chi connectivity index (χ1n) is 7.41. The highest BCUT2D eigenvalue weighted by Crippen LogP contribution is 2.33. The Morgan fingerprint density at radius 3 is 2.84 bits per heavy atom. The summed E-state index contributed by atoms with van der Waals surface area (Å²) >= 11 is 1.23. The SMILES string of the molecule is Nc1ncnc2c1ncn2[C@@H]1O[C@H](CSC[C@@H](N)C(=O)O)[C@@H](O)[C@H]1O. The molecule has 2 aromatic rings. The zero-order valence-corrected chi connectivity index (χ0v) is 13.8. The first-order chi connectivity index (χ1) is 11.9. The summed E-state index contributed by atoms with van der Waals surface area (Å²) in [5, 5.41) is 29.3. The minimum absolute atomic E-state index is 0.167. The summed E-state index contributed by atoms with van der Waals surface area (Å²) in [5.41, 5.74) is 11.9. The molecule has 3 heterocycles. The maximum absolute atomic E-state index is 10.7. The molecule has 0 aromatic carbocycles. The number of carboxylic acids is 1. The molecule has 0 unspecified atom stereocenters. The Kier molecular flexibility index (Phi) is 5.06. The molecule has 11 nitrogen and oxygen atoms in total. The molecule has 7 N–H and O–H groups in total. The first-order valence-corrected chi connectivity index (χ1v) is 8.56. The number of carboxylic acid groups (broad SMARTS) is 1. The van der Waals surface area contributed by atoms with Gasteiger partial charge in [0.05, 0.1) is 12.4 Å². The summed E-state index contributed by atoms with van der Waals surface area (Å²) in [6.07, 6.45) is -1.25. The third kappa shape index (κ3) is 3.39. The minimum Gasteiger partial charge on any atom is -0.480 e. The first kappa shape index (κ1) is 17.8. The molecule has 1 aliphatic rings. The number of aromatic nitrogens is 4. The van der Waals surface area contributed by atoms with E-state index in [1.807, 2.05) is 0 Å². The summed E-state index contributed by atoms with van der Waals surface area (Å²) in [4.78, 5) is 22.7. The Morgan fingerprint density at radius 1 is 1.36 bits per heavy atom. The molecular formula is C13H18N6O5S. The van der Waals surface area contributed by atoms with Crippen LogP contribution in [0.2, 0.25) is 0 Å². The van der Waals surface area contributed by atoms with E-state index in [2.05, 4.69) is 15.0 Å². The molecule has 0 bridgehead atoms. The molecule has 1 aliphatic heterocycles. The minimum atomic E-state index is -1.20. The predicted molar refractivity (Wildman–Crippen MR) is 88.6 cm³/mol. The molecule has 0 saturated carbocycles. The Bertz CT molecular complexity index is 772. The van der Waals surface area contributed by atoms with Gasteiger partial charge in [-0.3, -0.25) is 9.36 Å². The molecule has 0 amide bonds. The van der Waals surface area contributed by atoms with Crippen molar-refractivity contribution in [2.45, 2.75) is 30.6 Å². The number of aliphatic hydroxyl groups excluding tert-OH is 2. The molecule has 25 heavy (non-hydrogen) atoms. The number of thioether (sulfide) groups is 1. The molecule has 3 rings (SSSR count). The van der Waals surface area contributed by atoms with E-state index in [0.29, 0.717) is 11.2 Å². The van der Waals surface area contributed by atoms with Crippen molar-refractivity contribution in [3.8, 4) is 0 Å². The number of nitrogen functional groups attached to an aromatic ring is 1. The number of nitrogens with two attached hydrogens (primary N) is 2. The summed E-state index contributed by atoms with van der Waals surface area (Å²) in [6.45, 7) is 0. The number of fused-ring (bicyclic) bond motifs is 1. The molecule has 0 spiro atoms. The lowest BCUT2D eigenvalue weighted by Crippen LogP contribution is -2.35. The van der Waals surface area contributed by atoms with Crippen LogP contribution < -0.4 is 11.5 Å². The van der Waals surface area contributed by atoms with E-state index < -0.39 is 36.6 Å². The Labute approximate surface area is 146 Å². The van der Waals surface area contributed by atoms with E-state index in [4.69, 9.17) is 21.3 Å².